The Morgan fingerprint density at radius 2 is 2.00 bits per heavy atom. The van der Waals surface area contributed by atoms with Crippen molar-refractivity contribution in [3.63, 3.8) is 0 Å². The smallest absolute Gasteiger partial charge is 0.246 e. The van der Waals surface area contributed by atoms with E-state index in [0.717, 1.165) is 12.0 Å². The summed E-state index contributed by atoms with van der Waals surface area (Å²) in [4.78, 5) is 26.0. The first-order chi connectivity index (χ1) is 8.51. The van der Waals surface area contributed by atoms with Crippen molar-refractivity contribution in [3.05, 3.63) is 11.6 Å². The molecule has 1 N–H and O–H groups in total. The zero-order valence-electron chi connectivity index (χ0n) is 11.8. The van der Waals surface area contributed by atoms with E-state index in [4.69, 9.17) is 0 Å². The molecule has 2 atom stereocenters. The van der Waals surface area contributed by atoms with Gasteiger partial charge in [-0.1, -0.05) is 31.9 Å². The van der Waals surface area contributed by atoms with Crippen molar-refractivity contribution in [2.24, 2.45) is 0 Å². The molecule has 2 amide bonds. The molecular formula is C14H24N2O2. The van der Waals surface area contributed by atoms with Crippen LogP contribution in [0, 0.1) is 0 Å². The molecule has 18 heavy (non-hydrogen) atoms. The van der Waals surface area contributed by atoms with Crippen LogP contribution in [-0.2, 0) is 9.59 Å². The fraction of sp³-hybridized carbons (Fsp3) is 0.714. The van der Waals surface area contributed by atoms with Gasteiger partial charge in [-0.15, -0.1) is 0 Å². The highest BCUT2D eigenvalue weighted by molar-refractivity contribution is 5.97. The van der Waals surface area contributed by atoms with E-state index >= 15 is 0 Å². The fourth-order valence-electron chi connectivity index (χ4n) is 2.21. The topological polar surface area (TPSA) is 49.4 Å². The number of carbonyl (C=O) groups excluding carboxylic acids is 2. The summed E-state index contributed by atoms with van der Waals surface area (Å²) in [5.41, 5.74) is 1.16. The minimum atomic E-state index is -0.337. The molecule has 1 heterocycles. The first-order valence-electron chi connectivity index (χ1n) is 6.75. The van der Waals surface area contributed by atoms with Crippen LogP contribution in [0.5, 0.6) is 0 Å². The van der Waals surface area contributed by atoms with Gasteiger partial charge in [0.1, 0.15) is 12.1 Å². The van der Waals surface area contributed by atoms with Crippen LogP contribution in [0.3, 0.4) is 0 Å². The molecule has 0 spiro atoms. The highest BCUT2D eigenvalue weighted by atomic mass is 16.2. The number of allylic oxidation sites excluding steroid dienone is 1. The highest BCUT2D eigenvalue weighted by Crippen LogP contribution is 2.16. The van der Waals surface area contributed by atoms with Gasteiger partial charge in [-0.2, -0.15) is 0 Å². The molecule has 1 rings (SSSR count). The molecule has 1 aliphatic heterocycles. The Hall–Kier alpha value is -1.32. The molecule has 1 fully saturated rings. The van der Waals surface area contributed by atoms with Crippen molar-refractivity contribution in [2.75, 3.05) is 6.54 Å². The third-order valence-corrected chi connectivity index (χ3v) is 3.24. The van der Waals surface area contributed by atoms with Crippen molar-refractivity contribution in [1.29, 1.82) is 0 Å². The SMILES string of the molecule is CCCC1NC(=O)C(CC)N(CC=C(C)C)C1=O. The van der Waals surface area contributed by atoms with Crippen LogP contribution in [0.25, 0.3) is 0 Å². The van der Waals surface area contributed by atoms with Crippen LogP contribution in [0.4, 0.5) is 0 Å². The molecular weight excluding hydrogens is 228 g/mol. The zero-order valence-corrected chi connectivity index (χ0v) is 11.8. The number of amides is 2. The summed E-state index contributed by atoms with van der Waals surface area (Å²) in [6.07, 6.45) is 4.27. The van der Waals surface area contributed by atoms with Gasteiger partial charge >= 0.3 is 0 Å². The highest BCUT2D eigenvalue weighted by Gasteiger charge is 2.38. The van der Waals surface area contributed by atoms with E-state index in [2.05, 4.69) is 5.32 Å². The lowest BCUT2D eigenvalue weighted by molar-refractivity contribution is -0.149. The molecule has 1 aliphatic rings. The lowest BCUT2D eigenvalue weighted by Crippen LogP contribution is -2.63. The maximum atomic E-state index is 12.3. The Balaban J connectivity index is 2.87. The van der Waals surface area contributed by atoms with Crippen LogP contribution in [-0.4, -0.2) is 35.3 Å². The lowest BCUT2D eigenvalue weighted by atomic mass is 10.0. The van der Waals surface area contributed by atoms with Crippen molar-refractivity contribution in [1.82, 2.24) is 10.2 Å². The molecule has 0 aromatic rings. The monoisotopic (exact) mass is 252 g/mol. The number of piperazine rings is 1. The normalized spacial score (nSPS) is 23.9. The molecule has 2 unspecified atom stereocenters. The van der Waals surface area contributed by atoms with E-state index in [-0.39, 0.29) is 23.9 Å². The molecule has 1 saturated heterocycles. The first kappa shape index (κ1) is 14.7. The number of nitrogens with one attached hydrogen (secondary N) is 1. The van der Waals surface area contributed by atoms with Gasteiger partial charge in [-0.3, -0.25) is 9.59 Å². The van der Waals surface area contributed by atoms with Gasteiger partial charge in [0, 0.05) is 6.54 Å². The van der Waals surface area contributed by atoms with Crippen LogP contribution < -0.4 is 5.32 Å². The first-order valence-corrected chi connectivity index (χ1v) is 6.75. The number of carbonyl (C=O) groups is 2. The predicted octanol–water partition coefficient (Wildman–Crippen LogP) is 1.86. The summed E-state index contributed by atoms with van der Waals surface area (Å²) in [6.45, 7) is 8.49. The largest absolute Gasteiger partial charge is 0.343 e. The average molecular weight is 252 g/mol. The van der Waals surface area contributed by atoms with E-state index in [1.807, 2.05) is 33.8 Å². The Labute approximate surface area is 109 Å². The second-order valence-electron chi connectivity index (χ2n) is 5.05. The molecule has 0 bridgehead atoms. The van der Waals surface area contributed by atoms with Gasteiger partial charge in [0.15, 0.2) is 0 Å². The maximum absolute atomic E-state index is 12.3. The Morgan fingerprint density at radius 1 is 1.33 bits per heavy atom. The van der Waals surface area contributed by atoms with Crippen molar-refractivity contribution < 1.29 is 9.59 Å². The van der Waals surface area contributed by atoms with Crippen molar-refractivity contribution in [2.45, 2.75) is 59.0 Å². The van der Waals surface area contributed by atoms with Crippen LogP contribution in [0.15, 0.2) is 11.6 Å². The number of nitrogens with zero attached hydrogens (tertiary/aromatic N) is 1. The summed E-state index contributed by atoms with van der Waals surface area (Å²) < 4.78 is 0. The molecule has 4 nitrogen and oxygen atoms in total. The molecule has 102 valence electrons. The molecule has 0 saturated carbocycles. The number of hydrogen-bond donors (Lipinski definition) is 1. The summed E-state index contributed by atoms with van der Waals surface area (Å²) in [5, 5.41) is 2.83. The summed E-state index contributed by atoms with van der Waals surface area (Å²) in [5.74, 6) is 0.0403. The van der Waals surface area contributed by atoms with Crippen LogP contribution >= 0.6 is 0 Å². The van der Waals surface area contributed by atoms with Crippen molar-refractivity contribution >= 4 is 11.8 Å². The molecule has 4 heteroatoms. The van der Waals surface area contributed by atoms with Gasteiger partial charge in [-0.25, -0.2) is 0 Å². The standard InChI is InChI=1S/C14H24N2O2/c1-5-7-11-14(18)16(9-8-10(3)4)12(6-2)13(17)15-11/h8,11-12H,5-7,9H2,1-4H3,(H,15,17). The van der Waals surface area contributed by atoms with Gasteiger partial charge in [0.05, 0.1) is 0 Å². The minimum absolute atomic E-state index is 0.0160. The fourth-order valence-corrected chi connectivity index (χ4v) is 2.21. The quantitative estimate of drug-likeness (QED) is 0.759. The lowest BCUT2D eigenvalue weighted by Gasteiger charge is -2.38. The molecule has 0 aliphatic carbocycles. The Morgan fingerprint density at radius 3 is 2.50 bits per heavy atom. The third kappa shape index (κ3) is 3.34. The number of hydrogen-bond acceptors (Lipinski definition) is 2. The zero-order chi connectivity index (χ0) is 13.7. The van der Waals surface area contributed by atoms with E-state index in [1.165, 1.54) is 0 Å². The van der Waals surface area contributed by atoms with E-state index in [9.17, 15) is 9.59 Å². The van der Waals surface area contributed by atoms with Crippen molar-refractivity contribution in [3.8, 4) is 0 Å². The van der Waals surface area contributed by atoms with Gasteiger partial charge in [-0.05, 0) is 26.7 Å². The van der Waals surface area contributed by atoms with Gasteiger partial charge in [0.25, 0.3) is 0 Å². The minimum Gasteiger partial charge on any atom is -0.343 e. The van der Waals surface area contributed by atoms with E-state index in [1.54, 1.807) is 4.90 Å². The average Bonchev–Trinajstić information content (AvgIpc) is 2.31. The Kier molecular flexibility index (Phi) is 5.38. The van der Waals surface area contributed by atoms with Crippen LogP contribution in [0.1, 0.15) is 47.0 Å². The van der Waals surface area contributed by atoms with E-state index < -0.39 is 0 Å². The van der Waals surface area contributed by atoms with Gasteiger partial charge in [0.2, 0.25) is 11.8 Å². The third-order valence-electron chi connectivity index (χ3n) is 3.24. The van der Waals surface area contributed by atoms with E-state index in [0.29, 0.717) is 19.4 Å². The van der Waals surface area contributed by atoms with Gasteiger partial charge < -0.3 is 10.2 Å². The molecule has 0 aromatic carbocycles. The summed E-state index contributed by atoms with van der Waals surface area (Å²) in [6, 6.07) is -0.655. The second-order valence-corrected chi connectivity index (χ2v) is 5.05. The summed E-state index contributed by atoms with van der Waals surface area (Å²) >= 11 is 0. The second kappa shape index (κ2) is 6.57. The maximum Gasteiger partial charge on any atom is 0.246 e. The molecule has 0 aromatic heterocycles. The predicted molar refractivity (Wildman–Crippen MR) is 72.1 cm³/mol. The number of rotatable bonds is 5. The summed E-state index contributed by atoms with van der Waals surface area (Å²) in [7, 11) is 0. The van der Waals surface area contributed by atoms with Crippen LogP contribution in [0.2, 0.25) is 0 Å². The Bertz CT molecular complexity index is 346. The molecule has 0 radical (unpaired) electrons.